The van der Waals surface area contributed by atoms with E-state index in [0.717, 1.165) is 45.1 Å². The summed E-state index contributed by atoms with van der Waals surface area (Å²) in [5, 5.41) is 11.5. The van der Waals surface area contributed by atoms with Crippen LogP contribution in [0.2, 0.25) is 0 Å². The van der Waals surface area contributed by atoms with Crippen LogP contribution in [-0.2, 0) is 30.2 Å². The lowest BCUT2D eigenvalue weighted by atomic mass is 9.83. The Bertz CT molecular complexity index is 1200. The number of Topliss-reactive ketones (excluding diaryl/α,β-unsaturated/α-hetero) is 1. The number of hydrogen-bond donors (Lipinski definition) is 4. The fraction of sp³-hybridized carbons (Fsp3) is 0.806. The smallest absolute Gasteiger partial charge is 0.315 e. The minimum Gasteiger partial charge on any atom is -0.346 e. The Kier molecular flexibility index (Phi) is 15.7. The Labute approximate surface area is 296 Å². The summed E-state index contributed by atoms with van der Waals surface area (Å²) in [5.41, 5.74) is -0.690. The summed E-state index contributed by atoms with van der Waals surface area (Å²) in [6, 6.07) is -3.49. The van der Waals surface area contributed by atoms with E-state index in [1.807, 2.05) is 45.8 Å². The van der Waals surface area contributed by atoms with Crippen molar-refractivity contribution in [2.24, 2.45) is 23.2 Å². The van der Waals surface area contributed by atoms with E-state index in [0.29, 0.717) is 31.7 Å². The van der Waals surface area contributed by atoms with Crippen molar-refractivity contribution in [1.29, 1.82) is 0 Å². The highest BCUT2D eigenvalue weighted by molar-refractivity contribution is 7.82. The zero-order valence-corrected chi connectivity index (χ0v) is 31.5. The molecule has 0 bridgehead atoms. The van der Waals surface area contributed by atoms with Gasteiger partial charge < -0.3 is 26.2 Å². The van der Waals surface area contributed by atoms with Crippen LogP contribution in [0.5, 0.6) is 0 Å². The van der Waals surface area contributed by atoms with Gasteiger partial charge in [-0.05, 0) is 61.7 Å². The first kappa shape index (κ1) is 40.6. The number of likely N-dealkylation sites (tertiary alicyclic amines) is 1. The van der Waals surface area contributed by atoms with Crippen molar-refractivity contribution in [2.75, 3.05) is 31.9 Å². The number of amides is 5. The van der Waals surface area contributed by atoms with Crippen molar-refractivity contribution >= 4 is 40.5 Å². The van der Waals surface area contributed by atoms with Gasteiger partial charge in [0.1, 0.15) is 12.1 Å². The van der Waals surface area contributed by atoms with Crippen molar-refractivity contribution in [3.63, 3.8) is 0 Å². The highest BCUT2D eigenvalue weighted by Gasteiger charge is 2.48. The van der Waals surface area contributed by atoms with E-state index in [1.54, 1.807) is 4.90 Å². The van der Waals surface area contributed by atoms with Gasteiger partial charge in [-0.25, -0.2) is 13.3 Å². The minimum absolute atomic E-state index is 0.0608. The average Bonchev–Trinajstić information content (AvgIpc) is 3.52. The molecule has 3 aliphatic rings. The van der Waals surface area contributed by atoms with E-state index in [1.165, 1.54) is 12.5 Å². The molecule has 2 saturated heterocycles. The Hall–Kier alpha value is -2.80. The van der Waals surface area contributed by atoms with Gasteiger partial charge in [0, 0.05) is 38.0 Å². The van der Waals surface area contributed by atoms with Crippen LogP contribution in [0.25, 0.3) is 0 Å². The van der Waals surface area contributed by atoms with Crippen LogP contribution in [-0.4, -0.2) is 99.0 Å². The third kappa shape index (κ3) is 11.4. The van der Waals surface area contributed by atoms with Crippen LogP contribution in [0.3, 0.4) is 0 Å². The number of carbonyl (C=O) groups is 5. The zero-order valence-electron chi connectivity index (χ0n) is 30.7. The van der Waals surface area contributed by atoms with E-state index in [4.69, 9.17) is 0 Å². The van der Waals surface area contributed by atoms with Gasteiger partial charge in [0.2, 0.25) is 17.6 Å². The predicted molar refractivity (Wildman–Crippen MR) is 193 cm³/mol. The van der Waals surface area contributed by atoms with Gasteiger partial charge in [-0.1, -0.05) is 73.3 Å². The molecule has 3 fully saturated rings. The van der Waals surface area contributed by atoms with Crippen molar-refractivity contribution in [1.82, 2.24) is 30.5 Å². The second-order valence-corrected chi connectivity index (χ2v) is 17.0. The molecule has 0 radical (unpaired) electrons. The maximum atomic E-state index is 14.4. The van der Waals surface area contributed by atoms with E-state index >= 15 is 0 Å². The molecule has 0 aromatic carbocycles. The van der Waals surface area contributed by atoms with Crippen molar-refractivity contribution in [2.45, 2.75) is 130 Å². The van der Waals surface area contributed by atoms with Crippen molar-refractivity contribution < 1.29 is 28.2 Å². The van der Waals surface area contributed by atoms with Gasteiger partial charge in [-0.15, -0.1) is 6.58 Å². The summed E-state index contributed by atoms with van der Waals surface area (Å²) in [4.78, 5) is 69.3. The largest absolute Gasteiger partial charge is 0.346 e. The van der Waals surface area contributed by atoms with Crippen LogP contribution in [0, 0.1) is 23.2 Å². The number of nitrogens with one attached hydrogen (secondary N) is 4. The molecule has 1 aliphatic carbocycles. The monoisotopic (exact) mass is 706 g/mol. The second kappa shape index (κ2) is 19.0. The Morgan fingerprint density at radius 3 is 2.22 bits per heavy atom. The molecule has 1 saturated carbocycles. The number of urea groups is 1. The Morgan fingerprint density at radius 1 is 0.939 bits per heavy atom. The van der Waals surface area contributed by atoms with Crippen molar-refractivity contribution in [3.8, 4) is 0 Å². The van der Waals surface area contributed by atoms with Crippen LogP contribution in [0.4, 0.5) is 4.79 Å². The fourth-order valence-corrected chi connectivity index (χ4v) is 8.83. The third-order valence-corrected chi connectivity index (χ3v) is 11.8. The zero-order chi connectivity index (χ0) is 36.3. The molecule has 3 rings (SSSR count). The van der Waals surface area contributed by atoms with Gasteiger partial charge in [-0.2, -0.15) is 0 Å². The van der Waals surface area contributed by atoms with Gasteiger partial charge in [-0.3, -0.25) is 19.2 Å². The van der Waals surface area contributed by atoms with Gasteiger partial charge in [0.05, 0.1) is 17.0 Å². The molecule has 5 amide bonds. The van der Waals surface area contributed by atoms with Crippen LogP contribution < -0.4 is 21.3 Å². The topological polar surface area (TPSA) is 157 Å². The molecule has 278 valence electrons. The molecular weight excluding hydrogens is 644 g/mol. The SMILES string of the molecule is C=CCNC(=O)C(=O)C(CCC)NC(=O)[C@@H]1[C@@H](C(C)C)CCN1C(=O)[C@@H](NC(=O)N[C@H](CN1CCCCS1=O)C1CCCCC1)C(C)(C)C. The van der Waals surface area contributed by atoms with Gasteiger partial charge >= 0.3 is 6.03 Å². The van der Waals surface area contributed by atoms with Crippen LogP contribution in [0.1, 0.15) is 106 Å². The Balaban J connectivity index is 1.81. The molecule has 49 heavy (non-hydrogen) atoms. The summed E-state index contributed by atoms with van der Waals surface area (Å²) in [6.07, 6.45) is 10.2. The lowest BCUT2D eigenvalue weighted by molar-refractivity contribution is -0.144. The lowest BCUT2D eigenvalue weighted by Gasteiger charge is -2.38. The normalized spacial score (nSPS) is 24.1. The highest BCUT2D eigenvalue weighted by atomic mass is 32.2. The quantitative estimate of drug-likeness (QED) is 0.151. The molecule has 0 spiro atoms. The molecule has 4 N–H and O–H groups in total. The molecule has 2 unspecified atom stereocenters. The summed E-state index contributed by atoms with van der Waals surface area (Å²) in [6.45, 7) is 16.8. The molecule has 13 heteroatoms. The number of hydrogen-bond acceptors (Lipinski definition) is 6. The number of nitrogens with zero attached hydrogens (tertiary/aromatic N) is 2. The molecule has 2 aliphatic heterocycles. The predicted octanol–water partition coefficient (Wildman–Crippen LogP) is 3.44. The first-order valence-corrected chi connectivity index (χ1v) is 19.7. The summed E-state index contributed by atoms with van der Waals surface area (Å²) in [5.74, 6) is -1.57. The van der Waals surface area contributed by atoms with E-state index in [9.17, 15) is 28.2 Å². The molecular formula is C36H62N6O6S. The average molecular weight is 707 g/mol. The molecule has 0 aromatic heterocycles. The van der Waals surface area contributed by atoms with Crippen molar-refractivity contribution in [3.05, 3.63) is 12.7 Å². The Morgan fingerprint density at radius 2 is 1.63 bits per heavy atom. The number of rotatable bonds is 15. The van der Waals surface area contributed by atoms with Gasteiger partial charge in [0.15, 0.2) is 0 Å². The summed E-state index contributed by atoms with van der Waals surface area (Å²) < 4.78 is 14.8. The first-order chi connectivity index (χ1) is 23.2. The van der Waals surface area contributed by atoms with Crippen LogP contribution in [0.15, 0.2) is 12.7 Å². The molecule has 12 nitrogen and oxygen atoms in total. The first-order valence-electron chi connectivity index (χ1n) is 18.4. The number of ketones is 1. The molecule has 0 aromatic rings. The van der Waals surface area contributed by atoms with E-state index < -0.39 is 58.2 Å². The molecule has 2 heterocycles. The van der Waals surface area contributed by atoms with E-state index in [-0.39, 0.29) is 42.7 Å². The molecule has 6 atom stereocenters. The maximum absolute atomic E-state index is 14.4. The van der Waals surface area contributed by atoms with Gasteiger partial charge in [0.25, 0.3) is 5.91 Å². The summed E-state index contributed by atoms with van der Waals surface area (Å²) in [7, 11) is -1.07. The maximum Gasteiger partial charge on any atom is 0.315 e. The second-order valence-electron chi connectivity index (χ2n) is 15.4. The minimum atomic E-state index is -1.07. The highest BCUT2D eigenvalue weighted by Crippen LogP contribution is 2.34. The fourth-order valence-electron chi connectivity index (χ4n) is 7.47. The number of carbonyl (C=O) groups excluding carboxylic acids is 5. The third-order valence-electron chi connectivity index (χ3n) is 10.3. The van der Waals surface area contributed by atoms with Crippen LogP contribution >= 0.6 is 0 Å². The van der Waals surface area contributed by atoms with E-state index in [2.05, 4.69) is 27.8 Å². The standard InChI is InChI=1S/C36H62N6O6S/c1-8-15-27(30(43)33(45)37-19-9-2)38-32(44)29-26(24(3)4)18-21-42(29)34(46)31(36(5,6)7)40-35(47)39-28(25-16-11-10-12-17-25)23-41-20-13-14-22-49(41)48/h9,24-29,31H,2,8,10-23H2,1,3-7H3,(H,37,45)(H,38,44)(H2,39,40,47)/t26-,27?,28-,29+,31-,49?/m1/s1. The lowest BCUT2D eigenvalue weighted by Crippen LogP contribution is -2.62. The summed E-state index contributed by atoms with van der Waals surface area (Å²) >= 11 is 0.